The third-order valence-electron chi connectivity index (χ3n) is 8.91. The number of benzene rings is 3. The molecule has 0 saturated carbocycles. The summed E-state index contributed by atoms with van der Waals surface area (Å²) in [6.45, 7) is 4.79. The molecule has 3 aromatic carbocycles. The fraction of sp³-hybridized carbons (Fsp3) is 0.395. The smallest absolute Gasteiger partial charge is 0.411 e. The first-order valence-corrected chi connectivity index (χ1v) is 17.5. The second-order valence-electron chi connectivity index (χ2n) is 12.6. The fourth-order valence-corrected chi connectivity index (χ4v) is 6.22. The average Bonchev–Trinajstić information content (AvgIpc) is 3.12. The van der Waals surface area contributed by atoms with Gasteiger partial charge in [0.15, 0.2) is 0 Å². The number of aromatic amines is 1. The van der Waals surface area contributed by atoms with E-state index < -0.39 is 12.2 Å². The number of rotatable bonds is 16. The van der Waals surface area contributed by atoms with Gasteiger partial charge in [-0.05, 0) is 74.5 Å². The second-order valence-corrected chi connectivity index (χ2v) is 12.6. The normalized spacial score (nSPS) is 14.3. The number of unbranched alkanes of at least 4 members (excludes halogenated alkanes) is 2. The zero-order valence-electron chi connectivity index (χ0n) is 28.3. The Morgan fingerprint density at radius 2 is 1.58 bits per heavy atom. The molecule has 50 heavy (non-hydrogen) atoms. The lowest BCUT2D eigenvalue weighted by Crippen LogP contribution is -2.41. The van der Waals surface area contributed by atoms with Crippen molar-refractivity contribution in [2.24, 2.45) is 0 Å². The maximum absolute atomic E-state index is 12.7. The zero-order chi connectivity index (χ0) is 35.1. The van der Waals surface area contributed by atoms with E-state index >= 15 is 0 Å². The van der Waals surface area contributed by atoms with Gasteiger partial charge in [-0.25, -0.2) is 9.59 Å². The van der Waals surface area contributed by atoms with Crippen molar-refractivity contribution in [1.29, 1.82) is 0 Å². The lowest BCUT2D eigenvalue weighted by molar-refractivity contribution is 0.0587. The number of ether oxygens (including phenoxy) is 1. The van der Waals surface area contributed by atoms with Gasteiger partial charge < -0.3 is 40.8 Å². The summed E-state index contributed by atoms with van der Waals surface area (Å²) >= 11 is 0. The number of pyridine rings is 1. The van der Waals surface area contributed by atoms with Crippen LogP contribution in [-0.4, -0.2) is 84.1 Å². The predicted molar refractivity (Wildman–Crippen MR) is 195 cm³/mol. The van der Waals surface area contributed by atoms with Gasteiger partial charge in [0.05, 0.1) is 17.3 Å². The monoisotopic (exact) mass is 684 g/mol. The molecule has 7 N–H and O–H groups in total. The molecule has 0 bridgehead atoms. The third-order valence-corrected chi connectivity index (χ3v) is 8.91. The quantitative estimate of drug-likeness (QED) is 0.0801. The SMILES string of the molecule is O=C(NCCCCCNCC(O)c1ccc(O)c2[nH]c(=O)ccc12)NCCCN1CCC(OC(=O)Nc2ccccc2-c2ccccc2)CC1. The van der Waals surface area contributed by atoms with E-state index in [1.165, 1.54) is 12.1 Å². The highest BCUT2D eigenvalue weighted by molar-refractivity contribution is 5.91. The molecule has 5 rings (SSSR count). The Bertz CT molecular complexity index is 1740. The molecule has 12 heteroatoms. The van der Waals surface area contributed by atoms with Crippen LogP contribution < -0.4 is 26.8 Å². The number of aromatic hydroxyl groups is 1. The first-order valence-electron chi connectivity index (χ1n) is 17.5. The molecular formula is C38H48N6O6. The van der Waals surface area contributed by atoms with E-state index in [1.54, 1.807) is 12.1 Å². The number of H-pyrrole nitrogens is 1. The van der Waals surface area contributed by atoms with E-state index in [-0.39, 0.29) is 23.4 Å². The van der Waals surface area contributed by atoms with Crippen LogP contribution in [0.15, 0.2) is 83.7 Å². The van der Waals surface area contributed by atoms with E-state index in [1.807, 2.05) is 54.6 Å². The van der Waals surface area contributed by atoms with Gasteiger partial charge >= 0.3 is 12.1 Å². The summed E-state index contributed by atoms with van der Waals surface area (Å²) in [7, 11) is 0. The number of fused-ring (bicyclic) bond motifs is 1. The Hall–Kier alpha value is -4.91. The number of nitrogens with zero attached hydrogens (tertiary/aromatic N) is 1. The number of aliphatic hydroxyl groups excluding tert-OH is 1. The van der Waals surface area contributed by atoms with E-state index in [4.69, 9.17) is 4.74 Å². The summed E-state index contributed by atoms with van der Waals surface area (Å²) in [5, 5.41) is 33.3. The summed E-state index contributed by atoms with van der Waals surface area (Å²) in [5.41, 5.74) is 3.34. The number of carbonyl (C=O) groups is 2. The van der Waals surface area contributed by atoms with E-state index in [2.05, 4.69) is 31.2 Å². The number of anilines is 1. The molecule has 1 aliphatic heterocycles. The molecule has 12 nitrogen and oxygen atoms in total. The molecule has 1 fully saturated rings. The third kappa shape index (κ3) is 10.8. The van der Waals surface area contributed by atoms with E-state index in [9.17, 15) is 24.6 Å². The lowest BCUT2D eigenvalue weighted by Gasteiger charge is -2.31. The molecule has 1 aromatic heterocycles. The predicted octanol–water partition coefficient (Wildman–Crippen LogP) is 5.10. The van der Waals surface area contributed by atoms with Gasteiger partial charge in [0.25, 0.3) is 0 Å². The summed E-state index contributed by atoms with van der Waals surface area (Å²) in [5.74, 6) is -0.0338. The number of hydrogen-bond donors (Lipinski definition) is 7. The van der Waals surface area contributed by atoms with Crippen LogP contribution in [0.25, 0.3) is 22.0 Å². The maximum Gasteiger partial charge on any atom is 0.411 e. The van der Waals surface area contributed by atoms with Crippen molar-refractivity contribution in [3.05, 3.63) is 94.8 Å². The van der Waals surface area contributed by atoms with Crippen molar-refractivity contribution in [3.63, 3.8) is 0 Å². The number of urea groups is 1. The Labute approximate surface area is 292 Å². The summed E-state index contributed by atoms with van der Waals surface area (Å²) < 4.78 is 5.74. The first-order chi connectivity index (χ1) is 24.4. The number of nitrogens with one attached hydrogen (secondary N) is 5. The number of carbonyl (C=O) groups excluding carboxylic acids is 2. The number of phenols is 1. The number of amides is 3. The van der Waals surface area contributed by atoms with Gasteiger partial charge in [-0.1, -0.05) is 61.0 Å². The molecule has 3 amide bonds. The number of piperidine rings is 1. The lowest BCUT2D eigenvalue weighted by atomic mass is 10.0. The van der Waals surface area contributed by atoms with Crippen molar-refractivity contribution in [1.82, 2.24) is 25.8 Å². The van der Waals surface area contributed by atoms with Crippen LogP contribution in [0.2, 0.25) is 0 Å². The van der Waals surface area contributed by atoms with Gasteiger partial charge in [-0.2, -0.15) is 0 Å². The summed E-state index contributed by atoms with van der Waals surface area (Å²) in [4.78, 5) is 41.4. The highest BCUT2D eigenvalue weighted by Gasteiger charge is 2.22. The molecular weight excluding hydrogens is 636 g/mol. The second kappa shape index (κ2) is 18.7. The van der Waals surface area contributed by atoms with Crippen LogP contribution in [0.4, 0.5) is 15.3 Å². The number of hydrogen-bond acceptors (Lipinski definition) is 8. The first kappa shape index (κ1) is 36.4. The molecule has 0 spiro atoms. The standard InChI is InChI=1S/C38H48N6O6/c45-33-16-14-30(31-15-17-35(47)43-36(31)33)34(46)26-39-20-7-2-8-21-40-37(48)41-22-9-23-44-24-18-28(19-25-44)50-38(49)42-32-13-6-5-12-29(32)27-10-3-1-4-11-27/h1,3-6,10-17,28,34,39,45-46H,2,7-9,18-26H2,(H,42,49)(H,43,47)(H2,40,41,48). The molecule has 1 saturated heterocycles. The molecule has 1 aliphatic rings. The molecule has 2 heterocycles. The Kier molecular flexibility index (Phi) is 13.6. The molecule has 1 atom stereocenters. The highest BCUT2D eigenvalue weighted by Crippen LogP contribution is 2.29. The van der Waals surface area contributed by atoms with Crippen molar-refractivity contribution in [2.75, 3.05) is 51.1 Å². The van der Waals surface area contributed by atoms with Crippen LogP contribution in [0.1, 0.15) is 50.2 Å². The number of likely N-dealkylation sites (tertiary alicyclic amines) is 1. The van der Waals surface area contributed by atoms with Crippen LogP contribution in [0.5, 0.6) is 5.75 Å². The van der Waals surface area contributed by atoms with E-state index in [0.29, 0.717) is 36.1 Å². The van der Waals surface area contributed by atoms with Crippen LogP contribution in [-0.2, 0) is 4.74 Å². The Balaban J connectivity index is 0.865. The average molecular weight is 685 g/mol. The highest BCUT2D eigenvalue weighted by atomic mass is 16.6. The van der Waals surface area contributed by atoms with Gasteiger partial charge in [-0.15, -0.1) is 0 Å². The number of phenolic OH excluding ortho intramolecular Hbond substituents is 1. The summed E-state index contributed by atoms with van der Waals surface area (Å²) in [6.07, 6.45) is 3.71. The van der Waals surface area contributed by atoms with Crippen molar-refractivity contribution in [3.8, 4) is 16.9 Å². The minimum atomic E-state index is -0.789. The number of aromatic nitrogens is 1. The van der Waals surface area contributed by atoms with Gasteiger partial charge in [0, 0.05) is 49.7 Å². The fourth-order valence-electron chi connectivity index (χ4n) is 6.22. The molecule has 0 aliphatic carbocycles. The largest absolute Gasteiger partial charge is 0.506 e. The van der Waals surface area contributed by atoms with Gasteiger partial charge in [-0.3, -0.25) is 10.1 Å². The summed E-state index contributed by atoms with van der Waals surface area (Å²) in [6, 6.07) is 23.6. The van der Waals surface area contributed by atoms with Crippen molar-refractivity contribution in [2.45, 2.75) is 50.7 Å². The topological polar surface area (TPSA) is 168 Å². The Morgan fingerprint density at radius 1 is 0.860 bits per heavy atom. The zero-order valence-corrected chi connectivity index (χ0v) is 28.3. The maximum atomic E-state index is 12.7. The van der Waals surface area contributed by atoms with Crippen LogP contribution in [0, 0.1) is 0 Å². The van der Waals surface area contributed by atoms with Crippen molar-refractivity contribution >= 4 is 28.7 Å². The van der Waals surface area contributed by atoms with E-state index in [0.717, 1.165) is 81.5 Å². The van der Waals surface area contributed by atoms with Crippen molar-refractivity contribution < 1.29 is 24.5 Å². The molecule has 1 unspecified atom stereocenters. The number of aliphatic hydroxyl groups is 1. The minimum Gasteiger partial charge on any atom is -0.506 e. The van der Waals surface area contributed by atoms with Gasteiger partial charge in [0.2, 0.25) is 5.56 Å². The molecule has 266 valence electrons. The van der Waals surface area contributed by atoms with Crippen LogP contribution in [0.3, 0.4) is 0 Å². The minimum absolute atomic E-state index is 0.0338. The Morgan fingerprint density at radius 3 is 2.38 bits per heavy atom. The molecule has 4 aromatic rings. The van der Waals surface area contributed by atoms with Gasteiger partial charge in [0.1, 0.15) is 11.9 Å². The molecule has 0 radical (unpaired) electrons. The number of para-hydroxylation sites is 1. The van der Waals surface area contributed by atoms with Crippen LogP contribution >= 0.6 is 0 Å².